The summed E-state index contributed by atoms with van der Waals surface area (Å²) in [5.41, 5.74) is 3.46. The molecular formula is C15H23NO3. The number of likely N-dealkylation sites (N-methyl/N-ethyl adjacent to an activating group) is 1. The number of ether oxygens (including phenoxy) is 2. The maximum Gasteiger partial charge on any atom is 0.320 e. The fourth-order valence-corrected chi connectivity index (χ4v) is 2.10. The van der Waals surface area contributed by atoms with Gasteiger partial charge in [-0.3, -0.25) is 9.69 Å². The van der Waals surface area contributed by atoms with Gasteiger partial charge in [-0.1, -0.05) is 6.07 Å². The van der Waals surface area contributed by atoms with Crippen molar-refractivity contribution in [3.05, 3.63) is 28.8 Å². The van der Waals surface area contributed by atoms with E-state index in [0.29, 0.717) is 13.2 Å². The van der Waals surface area contributed by atoms with Crippen molar-refractivity contribution in [3.8, 4) is 5.75 Å². The van der Waals surface area contributed by atoms with Crippen molar-refractivity contribution in [1.29, 1.82) is 0 Å². The number of esters is 1. The van der Waals surface area contributed by atoms with Gasteiger partial charge in [-0.25, -0.2) is 0 Å². The van der Waals surface area contributed by atoms with Gasteiger partial charge in [-0.05, 0) is 45.0 Å². The van der Waals surface area contributed by atoms with Crippen LogP contribution >= 0.6 is 0 Å². The van der Waals surface area contributed by atoms with E-state index in [-0.39, 0.29) is 12.5 Å². The molecular weight excluding hydrogens is 242 g/mol. The van der Waals surface area contributed by atoms with Crippen molar-refractivity contribution in [1.82, 2.24) is 4.90 Å². The average molecular weight is 265 g/mol. The number of aryl methyl sites for hydroxylation is 2. The quantitative estimate of drug-likeness (QED) is 0.740. The molecule has 1 rings (SSSR count). The first-order valence-electron chi connectivity index (χ1n) is 6.46. The van der Waals surface area contributed by atoms with Gasteiger partial charge < -0.3 is 9.47 Å². The average Bonchev–Trinajstić information content (AvgIpc) is 2.32. The third kappa shape index (κ3) is 4.56. The van der Waals surface area contributed by atoms with E-state index >= 15 is 0 Å². The van der Waals surface area contributed by atoms with Crippen LogP contribution in [0.3, 0.4) is 0 Å². The van der Waals surface area contributed by atoms with Crippen molar-refractivity contribution in [2.75, 3.05) is 27.3 Å². The van der Waals surface area contributed by atoms with E-state index in [1.165, 1.54) is 11.1 Å². The molecule has 0 saturated heterocycles. The van der Waals surface area contributed by atoms with Crippen LogP contribution in [0.1, 0.15) is 23.6 Å². The monoisotopic (exact) mass is 265 g/mol. The second kappa shape index (κ2) is 7.14. The van der Waals surface area contributed by atoms with Gasteiger partial charge >= 0.3 is 5.97 Å². The molecule has 0 aromatic heterocycles. The minimum absolute atomic E-state index is 0.200. The topological polar surface area (TPSA) is 38.8 Å². The highest BCUT2D eigenvalue weighted by Gasteiger charge is 2.13. The molecule has 1 aromatic rings. The Bertz CT molecular complexity index is 443. The van der Waals surface area contributed by atoms with Gasteiger partial charge in [0.05, 0.1) is 20.3 Å². The second-order valence-electron chi connectivity index (χ2n) is 4.74. The molecule has 4 heteroatoms. The summed E-state index contributed by atoms with van der Waals surface area (Å²) in [5.74, 6) is 0.668. The molecule has 0 radical (unpaired) electrons. The number of hydrogen-bond acceptors (Lipinski definition) is 4. The fourth-order valence-electron chi connectivity index (χ4n) is 2.10. The van der Waals surface area contributed by atoms with Crippen molar-refractivity contribution >= 4 is 5.97 Å². The number of carbonyl (C=O) groups is 1. The Morgan fingerprint density at radius 1 is 1.32 bits per heavy atom. The minimum Gasteiger partial charge on any atom is -0.496 e. The molecule has 0 fully saturated rings. The SMILES string of the molecule is CCOC(=O)CN(C)Cc1c(C)cc(C)cc1OC. The number of nitrogens with zero attached hydrogens (tertiary/aromatic N) is 1. The summed E-state index contributed by atoms with van der Waals surface area (Å²) in [6, 6.07) is 4.14. The van der Waals surface area contributed by atoms with Crippen LogP contribution in [-0.2, 0) is 16.1 Å². The molecule has 0 atom stereocenters. The van der Waals surface area contributed by atoms with Crippen LogP contribution in [-0.4, -0.2) is 38.2 Å². The lowest BCUT2D eigenvalue weighted by Gasteiger charge is -2.19. The predicted octanol–water partition coefficient (Wildman–Crippen LogP) is 2.31. The van der Waals surface area contributed by atoms with Gasteiger partial charge in [0.1, 0.15) is 5.75 Å². The van der Waals surface area contributed by atoms with Crippen LogP contribution in [0, 0.1) is 13.8 Å². The van der Waals surface area contributed by atoms with E-state index in [4.69, 9.17) is 9.47 Å². The molecule has 0 unspecified atom stereocenters. The van der Waals surface area contributed by atoms with Crippen LogP contribution in [0.25, 0.3) is 0 Å². The molecule has 0 N–H and O–H groups in total. The first-order valence-corrected chi connectivity index (χ1v) is 6.46. The van der Waals surface area contributed by atoms with Crippen molar-refractivity contribution in [2.24, 2.45) is 0 Å². The molecule has 0 spiro atoms. The van der Waals surface area contributed by atoms with Gasteiger partial charge in [0.25, 0.3) is 0 Å². The van der Waals surface area contributed by atoms with Gasteiger partial charge in [-0.2, -0.15) is 0 Å². The number of rotatable bonds is 6. The van der Waals surface area contributed by atoms with Crippen LogP contribution in [0.2, 0.25) is 0 Å². The van der Waals surface area contributed by atoms with Crippen LogP contribution in [0.15, 0.2) is 12.1 Å². The Morgan fingerprint density at radius 2 is 2.00 bits per heavy atom. The van der Waals surface area contributed by atoms with Crippen molar-refractivity contribution in [3.63, 3.8) is 0 Å². The van der Waals surface area contributed by atoms with E-state index in [9.17, 15) is 4.79 Å². The van der Waals surface area contributed by atoms with E-state index in [1.54, 1.807) is 7.11 Å². The Balaban J connectivity index is 2.78. The largest absolute Gasteiger partial charge is 0.496 e. The summed E-state index contributed by atoms with van der Waals surface area (Å²) >= 11 is 0. The first-order chi connectivity index (χ1) is 8.97. The molecule has 0 aliphatic carbocycles. The summed E-state index contributed by atoms with van der Waals surface area (Å²) in [6.07, 6.45) is 0. The number of carbonyl (C=O) groups excluding carboxylic acids is 1. The highest BCUT2D eigenvalue weighted by atomic mass is 16.5. The zero-order chi connectivity index (χ0) is 14.4. The summed E-state index contributed by atoms with van der Waals surface area (Å²) in [7, 11) is 3.57. The van der Waals surface area contributed by atoms with E-state index < -0.39 is 0 Å². The molecule has 0 aliphatic rings. The summed E-state index contributed by atoms with van der Waals surface area (Å²) in [5, 5.41) is 0. The van der Waals surface area contributed by atoms with Gasteiger partial charge in [-0.15, -0.1) is 0 Å². The van der Waals surface area contributed by atoms with Crippen LogP contribution in [0.5, 0.6) is 5.75 Å². The molecule has 1 aromatic carbocycles. The van der Waals surface area contributed by atoms with E-state index in [2.05, 4.69) is 13.0 Å². The lowest BCUT2D eigenvalue weighted by Crippen LogP contribution is -2.27. The molecule has 106 valence electrons. The zero-order valence-electron chi connectivity index (χ0n) is 12.4. The molecule has 4 nitrogen and oxygen atoms in total. The maximum absolute atomic E-state index is 11.4. The number of hydrogen-bond donors (Lipinski definition) is 0. The third-order valence-electron chi connectivity index (χ3n) is 2.93. The van der Waals surface area contributed by atoms with Gasteiger partial charge in [0.15, 0.2) is 0 Å². The third-order valence-corrected chi connectivity index (χ3v) is 2.93. The Hall–Kier alpha value is -1.55. The number of methoxy groups -OCH3 is 1. The molecule has 19 heavy (non-hydrogen) atoms. The molecule has 0 saturated carbocycles. The van der Waals surface area contributed by atoms with Crippen LogP contribution < -0.4 is 4.74 Å². The Labute approximate surface area is 115 Å². The Morgan fingerprint density at radius 3 is 2.58 bits per heavy atom. The van der Waals surface area contributed by atoms with Gasteiger partial charge in [0.2, 0.25) is 0 Å². The number of benzene rings is 1. The maximum atomic E-state index is 11.4. The smallest absolute Gasteiger partial charge is 0.320 e. The summed E-state index contributed by atoms with van der Waals surface area (Å²) < 4.78 is 10.4. The molecule has 0 aliphatic heterocycles. The molecule has 0 heterocycles. The lowest BCUT2D eigenvalue weighted by molar-refractivity contribution is -0.144. The highest BCUT2D eigenvalue weighted by Crippen LogP contribution is 2.25. The van der Waals surface area contributed by atoms with E-state index in [0.717, 1.165) is 11.3 Å². The highest BCUT2D eigenvalue weighted by molar-refractivity contribution is 5.71. The van der Waals surface area contributed by atoms with E-state index in [1.807, 2.05) is 31.9 Å². The normalized spacial score (nSPS) is 10.6. The Kier molecular flexibility index (Phi) is 5.83. The summed E-state index contributed by atoms with van der Waals surface area (Å²) in [4.78, 5) is 13.4. The zero-order valence-corrected chi connectivity index (χ0v) is 12.4. The van der Waals surface area contributed by atoms with Gasteiger partial charge in [0, 0.05) is 12.1 Å². The fraction of sp³-hybridized carbons (Fsp3) is 0.533. The first kappa shape index (κ1) is 15.5. The van der Waals surface area contributed by atoms with Crippen molar-refractivity contribution in [2.45, 2.75) is 27.3 Å². The minimum atomic E-state index is -0.200. The standard InChI is InChI=1S/C15H23NO3/c1-6-19-15(17)10-16(4)9-13-12(3)7-11(2)8-14(13)18-5/h7-8H,6,9-10H2,1-5H3. The molecule has 0 amide bonds. The second-order valence-corrected chi connectivity index (χ2v) is 4.74. The molecule has 0 bridgehead atoms. The summed E-state index contributed by atoms with van der Waals surface area (Å²) in [6.45, 7) is 7.27. The van der Waals surface area contributed by atoms with Crippen LogP contribution in [0.4, 0.5) is 0 Å². The predicted molar refractivity (Wildman–Crippen MR) is 75.4 cm³/mol. The van der Waals surface area contributed by atoms with Crippen molar-refractivity contribution < 1.29 is 14.3 Å². The lowest BCUT2D eigenvalue weighted by atomic mass is 10.0.